The maximum Gasteiger partial charge on any atom is 0.267 e. The first-order valence-corrected chi connectivity index (χ1v) is 10.5. The standard InChI is InChI=1S/C23H21NO3S/c1-17-12-14-20(15-13-17)28(25,26)24-22(27-2)16-19-10-6-7-11-21(19)23(24)18-8-4-3-5-9-18/h3-16,23H,1-2H3. The first kappa shape index (κ1) is 18.3. The lowest BCUT2D eigenvalue weighted by atomic mass is 9.92. The van der Waals surface area contributed by atoms with Crippen molar-refractivity contribution in [3.8, 4) is 0 Å². The van der Waals surface area contributed by atoms with Gasteiger partial charge in [-0.2, -0.15) is 0 Å². The molecule has 142 valence electrons. The van der Waals surface area contributed by atoms with Gasteiger partial charge in [-0.3, -0.25) is 0 Å². The summed E-state index contributed by atoms with van der Waals surface area (Å²) >= 11 is 0. The van der Waals surface area contributed by atoms with E-state index in [1.54, 1.807) is 30.3 Å². The molecule has 0 amide bonds. The molecule has 0 spiro atoms. The van der Waals surface area contributed by atoms with Gasteiger partial charge in [0.1, 0.15) is 0 Å². The summed E-state index contributed by atoms with van der Waals surface area (Å²) in [6.07, 6.45) is 1.78. The topological polar surface area (TPSA) is 46.6 Å². The van der Waals surface area contributed by atoms with E-state index < -0.39 is 16.1 Å². The van der Waals surface area contributed by atoms with Crippen molar-refractivity contribution in [3.63, 3.8) is 0 Å². The Kier molecular flexibility index (Phi) is 4.69. The molecule has 0 bridgehead atoms. The SMILES string of the molecule is COC1=Cc2ccccc2C(c2ccccc2)N1S(=O)(=O)c1ccc(C)cc1. The number of fused-ring (bicyclic) bond motifs is 1. The first-order valence-electron chi connectivity index (χ1n) is 9.03. The van der Waals surface area contributed by atoms with Gasteiger partial charge < -0.3 is 4.74 Å². The Balaban J connectivity index is 1.96. The molecule has 0 aliphatic carbocycles. The van der Waals surface area contributed by atoms with E-state index in [0.29, 0.717) is 5.88 Å². The molecule has 0 saturated heterocycles. The second kappa shape index (κ2) is 7.17. The van der Waals surface area contributed by atoms with E-state index in [0.717, 1.165) is 22.3 Å². The smallest absolute Gasteiger partial charge is 0.267 e. The van der Waals surface area contributed by atoms with Crippen LogP contribution >= 0.6 is 0 Å². The van der Waals surface area contributed by atoms with Gasteiger partial charge >= 0.3 is 0 Å². The summed E-state index contributed by atoms with van der Waals surface area (Å²) < 4.78 is 34.3. The average Bonchev–Trinajstić information content (AvgIpc) is 2.73. The van der Waals surface area contributed by atoms with Gasteiger partial charge in [0.05, 0.1) is 18.0 Å². The first-order chi connectivity index (χ1) is 13.5. The number of hydrogen-bond acceptors (Lipinski definition) is 3. The molecule has 0 saturated carbocycles. The number of aryl methyl sites for hydroxylation is 1. The zero-order chi connectivity index (χ0) is 19.7. The van der Waals surface area contributed by atoms with Crippen LogP contribution in [0.3, 0.4) is 0 Å². The lowest BCUT2D eigenvalue weighted by Gasteiger charge is -2.37. The van der Waals surface area contributed by atoms with Crippen molar-refractivity contribution in [3.05, 3.63) is 107 Å². The zero-order valence-electron chi connectivity index (χ0n) is 15.7. The number of methoxy groups -OCH3 is 1. The van der Waals surface area contributed by atoms with Crippen LogP contribution in [0.1, 0.15) is 28.3 Å². The summed E-state index contributed by atoms with van der Waals surface area (Å²) in [7, 11) is -2.34. The van der Waals surface area contributed by atoms with Crippen molar-refractivity contribution in [1.82, 2.24) is 4.31 Å². The molecule has 1 atom stereocenters. The van der Waals surface area contributed by atoms with E-state index in [9.17, 15) is 8.42 Å². The minimum absolute atomic E-state index is 0.237. The van der Waals surface area contributed by atoms with Crippen LogP contribution < -0.4 is 0 Å². The molecule has 1 heterocycles. The molecule has 0 radical (unpaired) electrons. The largest absolute Gasteiger partial charge is 0.482 e. The third-order valence-corrected chi connectivity index (χ3v) is 6.70. The van der Waals surface area contributed by atoms with E-state index >= 15 is 0 Å². The molecule has 4 nitrogen and oxygen atoms in total. The number of sulfonamides is 1. The molecule has 3 aromatic carbocycles. The maximum absolute atomic E-state index is 13.7. The molecule has 0 fully saturated rings. The zero-order valence-corrected chi connectivity index (χ0v) is 16.6. The van der Waals surface area contributed by atoms with Crippen LogP contribution in [0.25, 0.3) is 6.08 Å². The highest BCUT2D eigenvalue weighted by atomic mass is 32.2. The number of rotatable bonds is 4. The minimum atomic E-state index is -3.84. The van der Waals surface area contributed by atoms with Crippen molar-refractivity contribution in [2.24, 2.45) is 0 Å². The number of ether oxygens (including phenoxy) is 1. The van der Waals surface area contributed by atoms with Crippen LogP contribution in [-0.4, -0.2) is 19.8 Å². The average molecular weight is 391 g/mol. The van der Waals surface area contributed by atoms with Crippen LogP contribution in [0.4, 0.5) is 0 Å². The Morgan fingerprint density at radius 2 is 1.50 bits per heavy atom. The van der Waals surface area contributed by atoms with Crippen LogP contribution in [0.5, 0.6) is 0 Å². The molecule has 5 heteroatoms. The second-order valence-electron chi connectivity index (χ2n) is 6.74. The molecular formula is C23H21NO3S. The van der Waals surface area contributed by atoms with Gasteiger partial charge in [-0.15, -0.1) is 0 Å². The van der Waals surface area contributed by atoms with Crippen LogP contribution in [0, 0.1) is 6.92 Å². The summed E-state index contributed by atoms with van der Waals surface area (Å²) in [5.41, 5.74) is 3.76. The molecule has 1 unspecified atom stereocenters. The normalized spacial score (nSPS) is 16.3. The highest BCUT2D eigenvalue weighted by Gasteiger charge is 2.39. The van der Waals surface area contributed by atoms with E-state index in [1.165, 1.54) is 11.4 Å². The van der Waals surface area contributed by atoms with Gasteiger partial charge in [0, 0.05) is 6.08 Å². The van der Waals surface area contributed by atoms with Crippen molar-refractivity contribution in [1.29, 1.82) is 0 Å². The van der Waals surface area contributed by atoms with E-state index in [4.69, 9.17) is 4.74 Å². The molecule has 28 heavy (non-hydrogen) atoms. The molecule has 1 aliphatic rings. The third-order valence-electron chi connectivity index (χ3n) is 4.92. The number of benzene rings is 3. The van der Waals surface area contributed by atoms with Crippen LogP contribution in [-0.2, 0) is 14.8 Å². The fourth-order valence-corrected chi connectivity index (χ4v) is 5.11. The Hall–Kier alpha value is -3.05. The highest BCUT2D eigenvalue weighted by molar-refractivity contribution is 7.89. The lowest BCUT2D eigenvalue weighted by molar-refractivity contribution is 0.193. The summed E-state index contributed by atoms with van der Waals surface area (Å²) in [4.78, 5) is 0.237. The summed E-state index contributed by atoms with van der Waals surface area (Å²) in [6.45, 7) is 1.93. The van der Waals surface area contributed by atoms with Crippen LogP contribution in [0.2, 0.25) is 0 Å². The Morgan fingerprint density at radius 1 is 0.857 bits per heavy atom. The predicted octanol–water partition coefficient (Wildman–Crippen LogP) is 4.73. The van der Waals surface area contributed by atoms with Gasteiger partial charge in [0.2, 0.25) is 5.88 Å². The quantitative estimate of drug-likeness (QED) is 0.646. The van der Waals surface area contributed by atoms with Crippen molar-refractivity contribution in [2.75, 3.05) is 7.11 Å². The monoisotopic (exact) mass is 391 g/mol. The predicted molar refractivity (Wildman–Crippen MR) is 110 cm³/mol. The molecular weight excluding hydrogens is 370 g/mol. The summed E-state index contributed by atoms with van der Waals surface area (Å²) in [6, 6.07) is 23.8. The number of nitrogens with zero attached hydrogens (tertiary/aromatic N) is 1. The van der Waals surface area contributed by atoms with Crippen molar-refractivity contribution in [2.45, 2.75) is 17.9 Å². The van der Waals surface area contributed by atoms with E-state index in [1.807, 2.05) is 61.5 Å². The Labute approximate surface area is 165 Å². The van der Waals surface area contributed by atoms with Crippen LogP contribution in [0.15, 0.2) is 89.6 Å². The maximum atomic E-state index is 13.7. The summed E-state index contributed by atoms with van der Waals surface area (Å²) in [5.74, 6) is 0.299. The van der Waals surface area contributed by atoms with Crippen molar-refractivity contribution < 1.29 is 13.2 Å². The molecule has 0 aromatic heterocycles. The van der Waals surface area contributed by atoms with Crippen molar-refractivity contribution >= 4 is 16.1 Å². The molecule has 1 aliphatic heterocycles. The number of hydrogen-bond donors (Lipinski definition) is 0. The molecule has 4 rings (SSSR count). The van der Waals surface area contributed by atoms with Gasteiger partial charge in [-0.05, 0) is 35.7 Å². The van der Waals surface area contributed by atoms with E-state index in [2.05, 4.69) is 0 Å². The van der Waals surface area contributed by atoms with Gasteiger partial charge in [-0.1, -0.05) is 72.3 Å². The van der Waals surface area contributed by atoms with Gasteiger partial charge in [-0.25, -0.2) is 12.7 Å². The van der Waals surface area contributed by atoms with Gasteiger partial charge in [0.25, 0.3) is 10.0 Å². The van der Waals surface area contributed by atoms with E-state index in [-0.39, 0.29) is 4.90 Å². The Bertz CT molecular complexity index is 1120. The second-order valence-corrected chi connectivity index (χ2v) is 8.56. The fraction of sp³-hybridized carbons (Fsp3) is 0.130. The fourth-order valence-electron chi connectivity index (χ4n) is 3.52. The molecule has 3 aromatic rings. The molecule has 0 N–H and O–H groups in total. The van der Waals surface area contributed by atoms with Gasteiger partial charge in [0.15, 0.2) is 0 Å². The summed E-state index contributed by atoms with van der Waals surface area (Å²) in [5, 5.41) is 0. The Morgan fingerprint density at radius 3 is 2.18 bits per heavy atom. The third kappa shape index (κ3) is 3.08. The lowest BCUT2D eigenvalue weighted by Crippen LogP contribution is -2.37. The highest BCUT2D eigenvalue weighted by Crippen LogP contribution is 2.42. The minimum Gasteiger partial charge on any atom is -0.482 e.